The summed E-state index contributed by atoms with van der Waals surface area (Å²) in [6.45, 7) is 4.38. The predicted octanol–water partition coefficient (Wildman–Crippen LogP) is 5.65. The Labute approximate surface area is 134 Å². The highest BCUT2D eigenvalue weighted by Crippen LogP contribution is 2.50. The van der Waals surface area contributed by atoms with Gasteiger partial charge in [0, 0.05) is 6.42 Å². The van der Waals surface area contributed by atoms with Crippen LogP contribution in [0.5, 0.6) is 0 Å². The maximum Gasteiger partial charge on any atom is 0.421 e. The van der Waals surface area contributed by atoms with Crippen molar-refractivity contribution in [3.8, 4) is 11.1 Å². The average molecular weight is 320 g/mol. The average Bonchev–Trinajstić information content (AvgIpc) is 2.45. The van der Waals surface area contributed by atoms with E-state index in [1.807, 2.05) is 12.1 Å². The molecule has 0 radical (unpaired) electrons. The number of hydrogen-bond acceptors (Lipinski definition) is 1. The summed E-state index contributed by atoms with van der Waals surface area (Å²) in [5, 5.41) is 0. The first kappa shape index (κ1) is 16.1. The molecule has 1 unspecified atom stereocenters. The summed E-state index contributed by atoms with van der Waals surface area (Å²) >= 11 is 0. The number of benzene rings is 2. The molecule has 3 rings (SSSR count). The highest BCUT2D eigenvalue weighted by atomic mass is 19.4. The van der Waals surface area contributed by atoms with Crippen molar-refractivity contribution in [1.29, 1.82) is 0 Å². The van der Waals surface area contributed by atoms with E-state index < -0.39 is 11.8 Å². The Morgan fingerprint density at radius 1 is 1.00 bits per heavy atom. The Kier molecular flexibility index (Phi) is 3.96. The molecule has 0 spiro atoms. The van der Waals surface area contributed by atoms with Crippen LogP contribution in [0.25, 0.3) is 11.1 Å². The molecule has 1 heterocycles. The van der Waals surface area contributed by atoms with E-state index in [1.54, 1.807) is 12.1 Å². The Balaban J connectivity index is 1.92. The van der Waals surface area contributed by atoms with Crippen LogP contribution in [0.4, 0.5) is 13.2 Å². The van der Waals surface area contributed by atoms with Crippen LogP contribution in [-0.4, -0.2) is 12.8 Å². The van der Waals surface area contributed by atoms with Gasteiger partial charge in [-0.2, -0.15) is 13.2 Å². The van der Waals surface area contributed by atoms with Gasteiger partial charge in [0.05, 0.1) is 6.61 Å². The molecule has 1 fully saturated rings. The molecule has 122 valence electrons. The summed E-state index contributed by atoms with van der Waals surface area (Å²) in [7, 11) is 0. The van der Waals surface area contributed by atoms with E-state index in [0.29, 0.717) is 5.92 Å². The first-order valence-corrected chi connectivity index (χ1v) is 7.75. The van der Waals surface area contributed by atoms with Crippen LogP contribution in [0.15, 0.2) is 48.5 Å². The molecule has 1 atom stereocenters. The zero-order chi connectivity index (χ0) is 16.7. The lowest BCUT2D eigenvalue weighted by molar-refractivity contribution is -0.333. The minimum atomic E-state index is -4.38. The van der Waals surface area contributed by atoms with Crippen molar-refractivity contribution in [2.75, 3.05) is 6.61 Å². The summed E-state index contributed by atoms with van der Waals surface area (Å²) in [6, 6.07) is 14.6. The van der Waals surface area contributed by atoms with Gasteiger partial charge in [0.25, 0.3) is 0 Å². The molecule has 0 aliphatic carbocycles. The van der Waals surface area contributed by atoms with Crippen molar-refractivity contribution in [3.63, 3.8) is 0 Å². The Bertz CT molecular complexity index is 683. The van der Waals surface area contributed by atoms with Gasteiger partial charge in [-0.05, 0) is 28.2 Å². The van der Waals surface area contributed by atoms with Crippen molar-refractivity contribution >= 4 is 0 Å². The second-order valence-corrected chi connectivity index (χ2v) is 6.28. The number of halogens is 3. The van der Waals surface area contributed by atoms with E-state index in [0.717, 1.165) is 11.1 Å². The number of alkyl halides is 3. The van der Waals surface area contributed by atoms with Gasteiger partial charge >= 0.3 is 6.18 Å². The van der Waals surface area contributed by atoms with Gasteiger partial charge in [-0.25, -0.2) is 0 Å². The third kappa shape index (κ3) is 2.76. The molecule has 1 nitrogen and oxygen atoms in total. The minimum absolute atomic E-state index is 0.0152. The lowest BCUT2D eigenvalue weighted by Gasteiger charge is -2.43. The normalized spacial score (nSPS) is 21.3. The lowest BCUT2D eigenvalue weighted by Crippen LogP contribution is -2.52. The molecule has 0 N–H and O–H groups in total. The fourth-order valence-corrected chi connectivity index (χ4v) is 2.93. The van der Waals surface area contributed by atoms with Gasteiger partial charge in [-0.1, -0.05) is 62.4 Å². The van der Waals surface area contributed by atoms with Gasteiger partial charge in [0.15, 0.2) is 5.60 Å². The molecule has 1 aliphatic heterocycles. The molecular weight excluding hydrogens is 301 g/mol. The molecule has 4 heteroatoms. The third-order valence-corrected chi connectivity index (χ3v) is 4.50. The van der Waals surface area contributed by atoms with Crippen molar-refractivity contribution in [1.82, 2.24) is 0 Å². The van der Waals surface area contributed by atoms with Crippen LogP contribution in [0, 0.1) is 0 Å². The first-order chi connectivity index (χ1) is 10.8. The summed E-state index contributed by atoms with van der Waals surface area (Å²) in [5.74, 6) is 0.408. The summed E-state index contributed by atoms with van der Waals surface area (Å²) in [5.41, 5.74) is 1.19. The van der Waals surface area contributed by atoms with E-state index in [9.17, 15) is 13.2 Å². The van der Waals surface area contributed by atoms with Gasteiger partial charge in [-0.3, -0.25) is 0 Å². The maximum atomic E-state index is 13.3. The summed E-state index contributed by atoms with van der Waals surface area (Å²) in [4.78, 5) is 0. The molecular formula is C19H19F3O. The maximum absolute atomic E-state index is 13.3. The molecule has 1 saturated heterocycles. The van der Waals surface area contributed by atoms with Crippen LogP contribution in [-0.2, 0) is 10.3 Å². The minimum Gasteiger partial charge on any atom is -0.361 e. The molecule has 0 aromatic heterocycles. The molecule has 2 aromatic carbocycles. The largest absolute Gasteiger partial charge is 0.421 e. The van der Waals surface area contributed by atoms with Crippen molar-refractivity contribution in [2.24, 2.45) is 0 Å². The molecule has 0 amide bonds. The van der Waals surface area contributed by atoms with Gasteiger partial charge < -0.3 is 4.74 Å². The van der Waals surface area contributed by atoms with Crippen molar-refractivity contribution in [3.05, 3.63) is 59.7 Å². The molecule has 0 saturated carbocycles. The van der Waals surface area contributed by atoms with Crippen molar-refractivity contribution in [2.45, 2.75) is 38.0 Å². The van der Waals surface area contributed by atoms with Gasteiger partial charge in [0.1, 0.15) is 0 Å². The fourth-order valence-electron chi connectivity index (χ4n) is 2.93. The number of rotatable bonds is 3. The Morgan fingerprint density at radius 3 is 2.13 bits per heavy atom. The second kappa shape index (κ2) is 5.68. The standard InChI is InChI=1S/C19H19F3O/c1-13(2)15-4-3-5-16(12-15)14-6-8-17(9-7-14)18(10-11-23-18)19(20,21)22/h3-9,12-13H,10-11H2,1-2H3. The van der Waals surface area contributed by atoms with E-state index in [2.05, 4.69) is 26.0 Å². The molecule has 1 aliphatic rings. The molecule has 0 bridgehead atoms. The van der Waals surface area contributed by atoms with Crippen LogP contribution < -0.4 is 0 Å². The summed E-state index contributed by atoms with van der Waals surface area (Å²) in [6.07, 6.45) is -4.40. The van der Waals surface area contributed by atoms with Crippen LogP contribution in [0.3, 0.4) is 0 Å². The van der Waals surface area contributed by atoms with E-state index in [4.69, 9.17) is 4.74 Å². The topological polar surface area (TPSA) is 9.23 Å². The number of hydrogen-bond donors (Lipinski definition) is 0. The summed E-state index contributed by atoms with van der Waals surface area (Å²) < 4.78 is 44.8. The monoisotopic (exact) mass is 320 g/mol. The van der Waals surface area contributed by atoms with Crippen molar-refractivity contribution < 1.29 is 17.9 Å². The van der Waals surface area contributed by atoms with E-state index >= 15 is 0 Å². The predicted molar refractivity (Wildman–Crippen MR) is 84.3 cm³/mol. The van der Waals surface area contributed by atoms with Gasteiger partial charge in [0.2, 0.25) is 0 Å². The van der Waals surface area contributed by atoms with E-state index in [1.165, 1.54) is 17.7 Å². The van der Waals surface area contributed by atoms with E-state index in [-0.39, 0.29) is 18.6 Å². The fraction of sp³-hybridized carbons (Fsp3) is 0.368. The number of ether oxygens (including phenoxy) is 1. The SMILES string of the molecule is CC(C)c1cccc(-c2ccc(C3(C(F)(F)F)CCO3)cc2)c1. The quantitative estimate of drug-likeness (QED) is 0.709. The Hall–Kier alpha value is -1.81. The zero-order valence-corrected chi connectivity index (χ0v) is 13.2. The molecule has 2 aromatic rings. The van der Waals surface area contributed by atoms with Gasteiger partial charge in [-0.15, -0.1) is 0 Å². The highest BCUT2D eigenvalue weighted by Gasteiger charge is 2.61. The third-order valence-electron chi connectivity index (χ3n) is 4.50. The van der Waals surface area contributed by atoms with Crippen LogP contribution in [0.2, 0.25) is 0 Å². The zero-order valence-electron chi connectivity index (χ0n) is 13.2. The lowest BCUT2D eigenvalue weighted by atomic mass is 9.85. The second-order valence-electron chi connectivity index (χ2n) is 6.28. The first-order valence-electron chi connectivity index (χ1n) is 7.75. The highest BCUT2D eigenvalue weighted by molar-refractivity contribution is 5.65. The van der Waals surface area contributed by atoms with Crippen LogP contribution >= 0.6 is 0 Å². The molecule has 23 heavy (non-hydrogen) atoms. The van der Waals surface area contributed by atoms with Crippen LogP contribution in [0.1, 0.15) is 37.3 Å². The smallest absolute Gasteiger partial charge is 0.361 e. The Morgan fingerprint density at radius 2 is 1.65 bits per heavy atom.